The van der Waals surface area contributed by atoms with E-state index < -0.39 is 0 Å². The summed E-state index contributed by atoms with van der Waals surface area (Å²) in [5.41, 5.74) is 5.27. The Balaban J connectivity index is 2.02. The van der Waals surface area contributed by atoms with E-state index in [-0.39, 0.29) is 0 Å². The van der Waals surface area contributed by atoms with Crippen molar-refractivity contribution < 1.29 is 0 Å². The van der Waals surface area contributed by atoms with Crippen LogP contribution >= 0.6 is 0 Å². The molecular formula is C18H22. The fourth-order valence-corrected chi connectivity index (χ4v) is 2.14. The predicted molar refractivity (Wildman–Crippen MR) is 79.3 cm³/mol. The topological polar surface area (TPSA) is 0 Å². The number of allylic oxidation sites excluding steroid dienone is 1. The van der Waals surface area contributed by atoms with Crippen molar-refractivity contribution in [3.05, 3.63) is 41.5 Å². The van der Waals surface area contributed by atoms with Crippen molar-refractivity contribution in [3.8, 4) is 11.8 Å². The lowest BCUT2D eigenvalue weighted by atomic mass is 9.96. The zero-order chi connectivity index (χ0) is 13.0. The summed E-state index contributed by atoms with van der Waals surface area (Å²) >= 11 is 0. The number of aryl methyl sites for hydroxylation is 2. The van der Waals surface area contributed by atoms with Crippen LogP contribution in [-0.2, 0) is 12.8 Å². The highest BCUT2D eigenvalue weighted by Gasteiger charge is 2.17. The van der Waals surface area contributed by atoms with Crippen LogP contribution < -0.4 is 0 Å². The second kappa shape index (κ2) is 5.91. The summed E-state index contributed by atoms with van der Waals surface area (Å²) in [4.78, 5) is 0. The van der Waals surface area contributed by atoms with Crippen LogP contribution in [0.2, 0.25) is 0 Å². The van der Waals surface area contributed by atoms with Gasteiger partial charge in [-0.2, -0.15) is 0 Å². The standard InChI is InChI=1S/C18H22/c1-4-17-12-11-16(13-18(17)14(2)3)8-6-5-7-15-9-10-15/h11-13,15H,2,4,6,8-10H2,1,3H3. The largest absolute Gasteiger partial charge is 0.103 e. The Kier molecular flexibility index (Phi) is 4.26. The van der Waals surface area contributed by atoms with Gasteiger partial charge in [0.15, 0.2) is 0 Å². The minimum absolute atomic E-state index is 0.721. The van der Waals surface area contributed by atoms with E-state index in [9.17, 15) is 0 Å². The molecule has 0 spiro atoms. The molecule has 0 aliphatic heterocycles. The fraction of sp³-hybridized carbons (Fsp3) is 0.444. The van der Waals surface area contributed by atoms with Crippen LogP contribution in [0.5, 0.6) is 0 Å². The molecule has 1 aromatic carbocycles. The van der Waals surface area contributed by atoms with E-state index in [1.54, 1.807) is 0 Å². The Bertz CT molecular complexity index is 493. The molecule has 1 aliphatic rings. The SMILES string of the molecule is C=C(C)c1cc(CCC#CC2CC2)ccc1CC. The minimum Gasteiger partial charge on any atom is -0.103 e. The third-order valence-corrected chi connectivity index (χ3v) is 3.44. The minimum atomic E-state index is 0.721. The summed E-state index contributed by atoms with van der Waals surface area (Å²) in [6.07, 6.45) is 5.75. The first kappa shape index (κ1) is 13.0. The molecule has 2 rings (SSSR count). The van der Waals surface area contributed by atoms with Gasteiger partial charge in [0.05, 0.1) is 0 Å². The van der Waals surface area contributed by atoms with Gasteiger partial charge in [-0.3, -0.25) is 0 Å². The third-order valence-electron chi connectivity index (χ3n) is 3.44. The molecule has 0 nitrogen and oxygen atoms in total. The highest BCUT2D eigenvalue weighted by atomic mass is 14.2. The Morgan fingerprint density at radius 1 is 1.39 bits per heavy atom. The van der Waals surface area contributed by atoms with Crippen molar-refractivity contribution >= 4 is 5.57 Å². The highest BCUT2D eigenvalue weighted by Crippen LogP contribution is 2.27. The van der Waals surface area contributed by atoms with Crippen LogP contribution in [0.3, 0.4) is 0 Å². The zero-order valence-electron chi connectivity index (χ0n) is 11.6. The molecule has 0 unspecified atom stereocenters. The van der Waals surface area contributed by atoms with Gasteiger partial charge >= 0.3 is 0 Å². The van der Waals surface area contributed by atoms with Gasteiger partial charge in [-0.15, -0.1) is 5.92 Å². The first-order chi connectivity index (χ1) is 8.70. The molecule has 0 heteroatoms. The van der Waals surface area contributed by atoms with Crippen molar-refractivity contribution in [3.63, 3.8) is 0 Å². The predicted octanol–water partition coefficient (Wildman–Crippen LogP) is 4.63. The van der Waals surface area contributed by atoms with Crippen LogP contribution in [0.4, 0.5) is 0 Å². The molecule has 0 N–H and O–H groups in total. The summed E-state index contributed by atoms with van der Waals surface area (Å²) in [6, 6.07) is 6.78. The molecule has 0 saturated heterocycles. The van der Waals surface area contributed by atoms with Crippen LogP contribution in [0.25, 0.3) is 5.57 Å². The van der Waals surface area contributed by atoms with E-state index in [0.717, 1.165) is 30.8 Å². The molecule has 0 amide bonds. The summed E-state index contributed by atoms with van der Waals surface area (Å²) in [5, 5.41) is 0. The van der Waals surface area contributed by atoms with Gasteiger partial charge in [-0.05, 0) is 49.3 Å². The lowest BCUT2D eigenvalue weighted by Gasteiger charge is -2.09. The van der Waals surface area contributed by atoms with Crippen LogP contribution in [0.15, 0.2) is 24.8 Å². The monoisotopic (exact) mass is 238 g/mol. The molecule has 18 heavy (non-hydrogen) atoms. The Hall–Kier alpha value is -1.48. The van der Waals surface area contributed by atoms with E-state index in [0.29, 0.717) is 0 Å². The van der Waals surface area contributed by atoms with Crippen molar-refractivity contribution in [1.29, 1.82) is 0 Å². The lowest BCUT2D eigenvalue weighted by molar-refractivity contribution is 1.01. The molecule has 94 valence electrons. The summed E-state index contributed by atoms with van der Waals surface area (Å²) in [7, 11) is 0. The second-order valence-electron chi connectivity index (χ2n) is 5.22. The van der Waals surface area contributed by atoms with Gasteiger partial charge in [-0.25, -0.2) is 0 Å². The maximum absolute atomic E-state index is 4.08. The molecule has 0 atom stereocenters. The van der Waals surface area contributed by atoms with Crippen LogP contribution in [-0.4, -0.2) is 0 Å². The van der Waals surface area contributed by atoms with Crippen molar-refractivity contribution in [2.45, 2.75) is 46.0 Å². The molecule has 0 aromatic heterocycles. The van der Waals surface area contributed by atoms with E-state index in [2.05, 4.69) is 50.5 Å². The number of hydrogen-bond acceptors (Lipinski definition) is 0. The van der Waals surface area contributed by atoms with Crippen molar-refractivity contribution in [2.75, 3.05) is 0 Å². The molecule has 1 saturated carbocycles. The van der Waals surface area contributed by atoms with E-state index in [1.165, 1.54) is 29.5 Å². The maximum atomic E-state index is 4.08. The van der Waals surface area contributed by atoms with Crippen molar-refractivity contribution in [1.82, 2.24) is 0 Å². The summed E-state index contributed by atoms with van der Waals surface area (Å²) in [5.74, 6) is 7.34. The summed E-state index contributed by atoms with van der Waals surface area (Å²) in [6.45, 7) is 8.36. The average Bonchev–Trinajstić information content (AvgIpc) is 3.18. The summed E-state index contributed by atoms with van der Waals surface area (Å²) < 4.78 is 0. The number of hydrogen-bond donors (Lipinski definition) is 0. The van der Waals surface area contributed by atoms with Crippen LogP contribution in [0.1, 0.15) is 49.8 Å². The normalized spacial score (nSPS) is 13.9. The molecule has 0 radical (unpaired) electrons. The molecule has 0 heterocycles. The number of benzene rings is 1. The van der Waals surface area contributed by atoms with E-state index in [4.69, 9.17) is 0 Å². The van der Waals surface area contributed by atoms with Gasteiger partial charge in [-0.1, -0.05) is 43.2 Å². The fourth-order valence-electron chi connectivity index (χ4n) is 2.14. The average molecular weight is 238 g/mol. The van der Waals surface area contributed by atoms with Gasteiger partial charge in [0.2, 0.25) is 0 Å². The first-order valence-electron chi connectivity index (χ1n) is 6.96. The molecule has 1 fully saturated rings. The smallest absolute Gasteiger partial charge is 0.0203 e. The molecular weight excluding hydrogens is 216 g/mol. The Morgan fingerprint density at radius 3 is 2.78 bits per heavy atom. The molecule has 1 aromatic rings. The van der Waals surface area contributed by atoms with Gasteiger partial charge in [0, 0.05) is 12.3 Å². The quantitative estimate of drug-likeness (QED) is 0.671. The van der Waals surface area contributed by atoms with Gasteiger partial charge in [0.25, 0.3) is 0 Å². The molecule has 0 bridgehead atoms. The highest BCUT2D eigenvalue weighted by molar-refractivity contribution is 5.65. The van der Waals surface area contributed by atoms with Crippen molar-refractivity contribution in [2.24, 2.45) is 5.92 Å². The lowest BCUT2D eigenvalue weighted by Crippen LogP contribution is -1.93. The third kappa shape index (κ3) is 3.50. The Morgan fingerprint density at radius 2 is 2.17 bits per heavy atom. The van der Waals surface area contributed by atoms with Crippen LogP contribution in [0, 0.1) is 17.8 Å². The number of rotatable bonds is 4. The molecule has 1 aliphatic carbocycles. The zero-order valence-corrected chi connectivity index (χ0v) is 11.6. The van der Waals surface area contributed by atoms with E-state index >= 15 is 0 Å². The van der Waals surface area contributed by atoms with Gasteiger partial charge < -0.3 is 0 Å². The van der Waals surface area contributed by atoms with Gasteiger partial charge in [0.1, 0.15) is 0 Å². The maximum Gasteiger partial charge on any atom is 0.0203 e. The van der Waals surface area contributed by atoms with E-state index in [1.807, 2.05) is 0 Å². The second-order valence-corrected chi connectivity index (χ2v) is 5.22. The first-order valence-corrected chi connectivity index (χ1v) is 6.96. The Labute approximate surface area is 111 Å².